The van der Waals surface area contributed by atoms with Crippen LogP contribution in [0.3, 0.4) is 0 Å². The minimum absolute atomic E-state index is 0.139. The van der Waals surface area contributed by atoms with Crippen molar-refractivity contribution in [2.75, 3.05) is 0 Å². The average molecular weight is 128 g/mol. The summed E-state index contributed by atoms with van der Waals surface area (Å²) in [5.74, 6) is 0.414. The molecule has 0 radical (unpaired) electrons. The van der Waals surface area contributed by atoms with Crippen molar-refractivity contribution in [2.45, 2.75) is 32.5 Å². The van der Waals surface area contributed by atoms with Crippen molar-refractivity contribution in [1.82, 2.24) is 0 Å². The maximum absolute atomic E-state index is 10.2. The maximum Gasteiger partial charge on any atom is 0.149 e. The Hall–Kier alpha value is -0.370. The highest BCUT2D eigenvalue weighted by Crippen LogP contribution is 2.23. The third-order valence-electron chi connectivity index (χ3n) is 1.79. The van der Waals surface area contributed by atoms with Gasteiger partial charge in [-0.15, -0.1) is 0 Å². The van der Waals surface area contributed by atoms with Crippen molar-refractivity contribution >= 4 is 6.29 Å². The molecule has 0 spiro atoms. The van der Waals surface area contributed by atoms with E-state index in [2.05, 4.69) is 0 Å². The average Bonchev–Trinajstić information content (AvgIpc) is 2.10. The van der Waals surface area contributed by atoms with E-state index >= 15 is 0 Å². The lowest BCUT2D eigenvalue weighted by atomic mass is 10.0. The molecule has 2 heteroatoms. The summed E-state index contributed by atoms with van der Waals surface area (Å²) < 4.78 is 5.25. The van der Waals surface area contributed by atoms with Gasteiger partial charge in [0.25, 0.3) is 0 Å². The summed E-state index contributed by atoms with van der Waals surface area (Å²) in [6.45, 7) is 4.04. The molecule has 1 heterocycles. The predicted octanol–water partition coefficient (Wildman–Crippen LogP) is 0.999. The normalized spacial score (nSPS) is 43.1. The van der Waals surface area contributed by atoms with Crippen molar-refractivity contribution in [3.63, 3.8) is 0 Å². The van der Waals surface area contributed by atoms with Crippen molar-refractivity contribution in [2.24, 2.45) is 5.92 Å². The Morgan fingerprint density at radius 1 is 1.56 bits per heavy atom. The van der Waals surface area contributed by atoms with Gasteiger partial charge >= 0.3 is 0 Å². The zero-order valence-electron chi connectivity index (χ0n) is 5.83. The number of rotatable bonds is 1. The largest absolute Gasteiger partial charge is 0.368 e. The van der Waals surface area contributed by atoms with Crippen LogP contribution < -0.4 is 0 Å². The third kappa shape index (κ3) is 1.30. The van der Waals surface area contributed by atoms with Gasteiger partial charge in [0.05, 0.1) is 6.10 Å². The molecule has 0 aromatic rings. The predicted molar refractivity (Wildman–Crippen MR) is 34.2 cm³/mol. The first-order valence-electron chi connectivity index (χ1n) is 3.34. The number of carbonyl (C=O) groups is 1. The Morgan fingerprint density at radius 2 is 2.22 bits per heavy atom. The highest BCUT2D eigenvalue weighted by molar-refractivity contribution is 5.57. The fourth-order valence-electron chi connectivity index (χ4n) is 1.28. The van der Waals surface area contributed by atoms with E-state index in [1.54, 1.807) is 0 Å². The molecule has 1 fully saturated rings. The van der Waals surface area contributed by atoms with E-state index in [4.69, 9.17) is 4.74 Å². The van der Waals surface area contributed by atoms with Crippen LogP contribution >= 0.6 is 0 Å². The lowest BCUT2D eigenvalue weighted by Crippen LogP contribution is -2.14. The molecule has 1 aliphatic heterocycles. The van der Waals surface area contributed by atoms with Crippen molar-refractivity contribution < 1.29 is 9.53 Å². The number of carbonyl (C=O) groups excluding carboxylic acids is 1. The molecule has 0 aliphatic carbocycles. The second-order valence-electron chi connectivity index (χ2n) is 2.76. The lowest BCUT2D eigenvalue weighted by Gasteiger charge is -2.04. The summed E-state index contributed by atoms with van der Waals surface area (Å²) in [7, 11) is 0. The smallest absolute Gasteiger partial charge is 0.149 e. The number of hydrogen-bond acceptors (Lipinski definition) is 2. The van der Waals surface area contributed by atoms with Crippen LogP contribution in [0, 0.1) is 5.92 Å². The zero-order valence-corrected chi connectivity index (χ0v) is 5.83. The topological polar surface area (TPSA) is 26.3 Å². The van der Waals surface area contributed by atoms with E-state index in [9.17, 15) is 4.79 Å². The first-order valence-corrected chi connectivity index (χ1v) is 3.34. The fraction of sp³-hybridized carbons (Fsp3) is 0.857. The first-order chi connectivity index (χ1) is 4.24. The van der Waals surface area contributed by atoms with Crippen LogP contribution in [0.4, 0.5) is 0 Å². The Labute approximate surface area is 55.2 Å². The Kier molecular flexibility index (Phi) is 1.86. The molecule has 1 aliphatic rings. The summed E-state index contributed by atoms with van der Waals surface area (Å²) in [4.78, 5) is 10.2. The molecule has 0 amide bonds. The summed E-state index contributed by atoms with van der Waals surface area (Å²) in [5.41, 5.74) is 0. The highest BCUT2D eigenvalue weighted by atomic mass is 16.5. The van der Waals surface area contributed by atoms with E-state index in [-0.39, 0.29) is 12.2 Å². The molecule has 9 heavy (non-hydrogen) atoms. The second-order valence-corrected chi connectivity index (χ2v) is 2.76. The molecule has 1 saturated heterocycles. The van der Waals surface area contributed by atoms with Gasteiger partial charge in [0.15, 0.2) is 0 Å². The monoisotopic (exact) mass is 128 g/mol. The highest BCUT2D eigenvalue weighted by Gasteiger charge is 2.28. The van der Waals surface area contributed by atoms with Crippen LogP contribution in [-0.2, 0) is 9.53 Å². The second kappa shape index (κ2) is 2.48. The van der Waals surface area contributed by atoms with Gasteiger partial charge in [-0.1, -0.05) is 6.92 Å². The minimum Gasteiger partial charge on any atom is -0.368 e. The SMILES string of the molecule is CC1CC(C)C(C=O)O1. The summed E-state index contributed by atoms with van der Waals surface area (Å²) in [6, 6.07) is 0. The molecule has 0 saturated carbocycles. The standard InChI is InChI=1S/C7H12O2/c1-5-3-6(2)9-7(5)4-8/h4-7H,3H2,1-2H3. The third-order valence-corrected chi connectivity index (χ3v) is 1.79. The molecular weight excluding hydrogens is 116 g/mol. The molecule has 3 unspecified atom stereocenters. The summed E-state index contributed by atoms with van der Waals surface area (Å²) in [6.07, 6.45) is 2.05. The molecule has 0 aromatic heterocycles. The van der Waals surface area contributed by atoms with Crippen molar-refractivity contribution in [3.05, 3.63) is 0 Å². The van der Waals surface area contributed by atoms with Crippen LogP contribution in [0.15, 0.2) is 0 Å². The Bertz CT molecular complexity index is 111. The van der Waals surface area contributed by atoms with Gasteiger partial charge in [0.1, 0.15) is 12.4 Å². The van der Waals surface area contributed by atoms with Gasteiger partial charge in [-0.05, 0) is 19.3 Å². The molecule has 0 aromatic carbocycles. The molecule has 0 bridgehead atoms. The van der Waals surface area contributed by atoms with E-state index < -0.39 is 0 Å². The van der Waals surface area contributed by atoms with Gasteiger partial charge in [-0.25, -0.2) is 0 Å². The number of ether oxygens (including phenoxy) is 1. The zero-order chi connectivity index (χ0) is 6.85. The summed E-state index contributed by atoms with van der Waals surface area (Å²) >= 11 is 0. The van der Waals surface area contributed by atoms with Crippen LogP contribution in [0.25, 0.3) is 0 Å². The molecular formula is C7H12O2. The molecule has 52 valence electrons. The van der Waals surface area contributed by atoms with Gasteiger partial charge in [-0.3, -0.25) is 0 Å². The van der Waals surface area contributed by atoms with Crippen LogP contribution in [0.1, 0.15) is 20.3 Å². The molecule has 0 N–H and O–H groups in total. The van der Waals surface area contributed by atoms with Gasteiger partial charge < -0.3 is 9.53 Å². The van der Waals surface area contributed by atoms with E-state index in [0.717, 1.165) is 12.7 Å². The van der Waals surface area contributed by atoms with E-state index in [1.165, 1.54) is 0 Å². The van der Waals surface area contributed by atoms with Crippen LogP contribution in [0.2, 0.25) is 0 Å². The van der Waals surface area contributed by atoms with E-state index in [1.807, 2.05) is 13.8 Å². The number of hydrogen-bond donors (Lipinski definition) is 0. The Morgan fingerprint density at radius 3 is 2.44 bits per heavy atom. The fourth-order valence-corrected chi connectivity index (χ4v) is 1.28. The van der Waals surface area contributed by atoms with Crippen LogP contribution in [-0.4, -0.2) is 18.5 Å². The molecule has 2 nitrogen and oxygen atoms in total. The Balaban J connectivity index is 2.47. The van der Waals surface area contributed by atoms with Gasteiger partial charge in [-0.2, -0.15) is 0 Å². The quantitative estimate of drug-likeness (QED) is 0.492. The summed E-state index contributed by atoms with van der Waals surface area (Å²) in [5, 5.41) is 0. The maximum atomic E-state index is 10.2. The van der Waals surface area contributed by atoms with Gasteiger partial charge in [0.2, 0.25) is 0 Å². The van der Waals surface area contributed by atoms with Gasteiger partial charge in [0, 0.05) is 0 Å². The number of aldehydes is 1. The van der Waals surface area contributed by atoms with E-state index in [0.29, 0.717) is 5.92 Å². The molecule has 3 atom stereocenters. The van der Waals surface area contributed by atoms with Crippen molar-refractivity contribution in [1.29, 1.82) is 0 Å². The first kappa shape index (κ1) is 6.75. The van der Waals surface area contributed by atoms with Crippen LogP contribution in [0.5, 0.6) is 0 Å². The molecule has 1 rings (SSSR count). The van der Waals surface area contributed by atoms with Crippen molar-refractivity contribution in [3.8, 4) is 0 Å². The minimum atomic E-state index is -0.139. The lowest BCUT2D eigenvalue weighted by molar-refractivity contribution is -0.118.